The van der Waals surface area contributed by atoms with E-state index in [-0.39, 0.29) is 6.04 Å². The normalized spacial score (nSPS) is 20.5. The van der Waals surface area contributed by atoms with Gasteiger partial charge in [-0.1, -0.05) is 20.8 Å². The van der Waals surface area contributed by atoms with E-state index in [2.05, 4.69) is 55.8 Å². The first kappa shape index (κ1) is 27.7. The molecule has 0 saturated heterocycles. The third-order valence-electron chi connectivity index (χ3n) is 4.89. The molecule has 0 aromatic heterocycles. The zero-order valence-corrected chi connectivity index (χ0v) is 19.4. The Kier molecular flexibility index (Phi) is 12.1. The van der Waals surface area contributed by atoms with Gasteiger partial charge in [-0.05, 0) is 63.8 Å². The molecular formula is C22H39N3O7. The number of nitrogens with one attached hydrogen (secondary N) is 3. The lowest BCUT2D eigenvalue weighted by Crippen LogP contribution is -2.39. The number of carboxylic acid groups (broad SMARTS) is 2. The van der Waals surface area contributed by atoms with Crippen LogP contribution in [0.4, 0.5) is 0 Å². The number of aliphatic hydroxyl groups excluding tert-OH is 2. The van der Waals surface area contributed by atoms with Crippen LogP contribution >= 0.6 is 0 Å². The maximum absolute atomic E-state index is 9.77. The molecule has 1 aliphatic carbocycles. The van der Waals surface area contributed by atoms with E-state index in [1.165, 1.54) is 12.8 Å². The van der Waals surface area contributed by atoms with Crippen LogP contribution in [0.25, 0.3) is 0 Å². The first-order chi connectivity index (χ1) is 15.0. The number of hydrogen-bond donors (Lipinski definition) is 7. The van der Waals surface area contributed by atoms with E-state index in [0.29, 0.717) is 18.1 Å². The Labute approximate surface area is 189 Å². The maximum Gasteiger partial charge on any atom is 0.335 e. The van der Waals surface area contributed by atoms with E-state index in [4.69, 9.17) is 25.2 Å². The van der Waals surface area contributed by atoms with Crippen molar-refractivity contribution in [2.24, 2.45) is 5.92 Å². The van der Waals surface area contributed by atoms with Gasteiger partial charge in [0.2, 0.25) is 0 Å². The molecule has 2 rings (SSSR count). The molecule has 2 aliphatic rings. The van der Waals surface area contributed by atoms with Crippen LogP contribution in [0.3, 0.4) is 0 Å². The Balaban J connectivity index is 0.000000433. The van der Waals surface area contributed by atoms with E-state index in [0.717, 1.165) is 37.5 Å². The Bertz CT molecular complexity index is 644. The molecule has 1 fully saturated rings. The number of carboxylic acids is 2. The number of ether oxygens (including phenoxy) is 1. The number of dihydropyridines is 1. The van der Waals surface area contributed by atoms with Gasteiger partial charge in [-0.3, -0.25) is 0 Å². The fraction of sp³-hybridized carbons (Fsp3) is 0.727. The summed E-state index contributed by atoms with van der Waals surface area (Å²) in [7, 11) is 0. The van der Waals surface area contributed by atoms with Crippen LogP contribution < -0.4 is 16.0 Å². The van der Waals surface area contributed by atoms with Crippen LogP contribution in [0.2, 0.25) is 0 Å². The van der Waals surface area contributed by atoms with E-state index >= 15 is 0 Å². The number of aliphatic hydroxyl groups is 2. The standard InChI is InChI=1S/C18H33N3O.C4H6O6/c1-5-19-11-10-16(12-13(2)3)22-17-8-9-18(20-14(17)4)21-15-6-7-15;5-1(3(7)8)2(6)4(9)10/h8-9,13-16,19-21H,5-7,10-12H2,1-4H3;1-2,5-6H,(H,7,8)(H,9,10). The second-order valence-electron chi connectivity index (χ2n) is 8.51. The third kappa shape index (κ3) is 10.8. The molecule has 0 bridgehead atoms. The fourth-order valence-electron chi connectivity index (χ4n) is 2.99. The third-order valence-corrected chi connectivity index (χ3v) is 4.89. The predicted molar refractivity (Wildman–Crippen MR) is 120 cm³/mol. The molecular weight excluding hydrogens is 418 g/mol. The average Bonchev–Trinajstić information content (AvgIpc) is 3.52. The lowest BCUT2D eigenvalue weighted by atomic mass is 10.0. The van der Waals surface area contributed by atoms with Gasteiger partial charge in [0.1, 0.15) is 5.76 Å². The van der Waals surface area contributed by atoms with Gasteiger partial charge in [0.25, 0.3) is 0 Å². The summed E-state index contributed by atoms with van der Waals surface area (Å²) in [5.74, 6) is -0.689. The minimum atomic E-state index is -2.27. The summed E-state index contributed by atoms with van der Waals surface area (Å²) in [6, 6.07) is 0.913. The van der Waals surface area contributed by atoms with Crippen LogP contribution in [0.5, 0.6) is 0 Å². The molecule has 1 heterocycles. The summed E-state index contributed by atoms with van der Waals surface area (Å²) in [4.78, 5) is 19.5. The van der Waals surface area contributed by atoms with E-state index in [1.54, 1.807) is 0 Å². The molecule has 0 amide bonds. The van der Waals surface area contributed by atoms with E-state index in [1.807, 2.05) is 0 Å². The predicted octanol–water partition coefficient (Wildman–Crippen LogP) is 0.764. The number of carbonyl (C=O) groups is 2. The van der Waals surface area contributed by atoms with Gasteiger partial charge in [0.15, 0.2) is 12.2 Å². The fourth-order valence-corrected chi connectivity index (χ4v) is 2.99. The highest BCUT2D eigenvalue weighted by molar-refractivity contribution is 5.83. The topological polar surface area (TPSA) is 160 Å². The van der Waals surface area contributed by atoms with Crippen LogP contribution in [0, 0.1) is 5.92 Å². The van der Waals surface area contributed by atoms with Crippen molar-refractivity contribution >= 4 is 11.9 Å². The van der Waals surface area contributed by atoms with Gasteiger partial charge < -0.3 is 41.1 Å². The quantitative estimate of drug-likeness (QED) is 0.197. The van der Waals surface area contributed by atoms with E-state index in [9.17, 15) is 9.59 Å². The number of aliphatic carboxylic acids is 2. The largest absolute Gasteiger partial charge is 0.493 e. The summed E-state index contributed by atoms with van der Waals surface area (Å²) in [6.45, 7) is 10.9. The molecule has 4 atom stereocenters. The SMILES string of the molecule is CCNCCC(CC(C)C)OC1=CC=C(NC2CC2)NC1C.O=C(O)C(O)C(O)C(=O)O. The monoisotopic (exact) mass is 457 g/mol. The summed E-state index contributed by atoms with van der Waals surface area (Å²) in [5, 5.41) is 42.9. The van der Waals surface area contributed by atoms with Gasteiger partial charge in [0, 0.05) is 6.04 Å². The maximum atomic E-state index is 9.77. The second-order valence-corrected chi connectivity index (χ2v) is 8.51. The zero-order valence-electron chi connectivity index (χ0n) is 19.4. The van der Waals surface area contributed by atoms with Crippen molar-refractivity contribution < 1.29 is 34.8 Å². The second kappa shape index (κ2) is 14.0. The summed E-state index contributed by atoms with van der Waals surface area (Å²) in [6.07, 6.45) is 4.76. The molecule has 1 saturated carbocycles. The van der Waals surface area contributed by atoms with Gasteiger partial charge >= 0.3 is 11.9 Å². The van der Waals surface area contributed by atoms with E-state index < -0.39 is 24.1 Å². The van der Waals surface area contributed by atoms with Crippen molar-refractivity contribution in [3.63, 3.8) is 0 Å². The van der Waals surface area contributed by atoms with Crippen molar-refractivity contribution in [1.29, 1.82) is 0 Å². The highest BCUT2D eigenvalue weighted by Gasteiger charge is 2.29. The van der Waals surface area contributed by atoms with Gasteiger partial charge in [0.05, 0.1) is 18.0 Å². The molecule has 10 heteroatoms. The first-order valence-corrected chi connectivity index (χ1v) is 11.2. The number of rotatable bonds is 13. The van der Waals surface area contributed by atoms with Crippen molar-refractivity contribution in [3.05, 3.63) is 23.7 Å². The highest BCUT2D eigenvalue weighted by Crippen LogP contribution is 2.23. The summed E-state index contributed by atoms with van der Waals surface area (Å²) >= 11 is 0. The minimum Gasteiger partial charge on any atom is -0.493 e. The highest BCUT2D eigenvalue weighted by atomic mass is 16.5. The lowest BCUT2D eigenvalue weighted by molar-refractivity contribution is -0.165. The molecule has 184 valence electrons. The van der Waals surface area contributed by atoms with Crippen molar-refractivity contribution in [3.8, 4) is 0 Å². The molecule has 7 N–H and O–H groups in total. The molecule has 1 aliphatic heterocycles. The number of allylic oxidation sites excluding steroid dienone is 2. The molecule has 10 nitrogen and oxygen atoms in total. The molecule has 4 unspecified atom stereocenters. The van der Waals surface area contributed by atoms with Gasteiger partial charge in [-0.25, -0.2) is 9.59 Å². The van der Waals surface area contributed by atoms with Gasteiger partial charge in [-0.15, -0.1) is 0 Å². The Morgan fingerprint density at radius 3 is 2.19 bits per heavy atom. The average molecular weight is 458 g/mol. The smallest absolute Gasteiger partial charge is 0.335 e. The zero-order chi connectivity index (χ0) is 24.3. The molecule has 0 aromatic carbocycles. The summed E-state index contributed by atoms with van der Waals surface area (Å²) in [5.41, 5.74) is 0. The summed E-state index contributed by atoms with van der Waals surface area (Å²) < 4.78 is 6.32. The van der Waals surface area contributed by atoms with Gasteiger partial charge in [-0.2, -0.15) is 0 Å². The Hall–Kier alpha value is -2.30. The van der Waals surface area contributed by atoms with Crippen LogP contribution in [-0.4, -0.2) is 75.8 Å². The number of hydrogen-bond acceptors (Lipinski definition) is 8. The van der Waals surface area contributed by atoms with Crippen LogP contribution in [0.15, 0.2) is 23.7 Å². The minimum absolute atomic E-state index is 0.236. The van der Waals surface area contributed by atoms with Crippen LogP contribution in [-0.2, 0) is 14.3 Å². The van der Waals surface area contributed by atoms with Crippen molar-refractivity contribution in [1.82, 2.24) is 16.0 Å². The first-order valence-electron chi connectivity index (χ1n) is 11.2. The molecule has 0 aromatic rings. The van der Waals surface area contributed by atoms with Crippen molar-refractivity contribution in [2.75, 3.05) is 13.1 Å². The van der Waals surface area contributed by atoms with Crippen LogP contribution in [0.1, 0.15) is 53.4 Å². The Morgan fingerprint density at radius 2 is 1.75 bits per heavy atom. The lowest BCUT2D eigenvalue weighted by Gasteiger charge is -2.29. The Morgan fingerprint density at radius 1 is 1.16 bits per heavy atom. The molecule has 0 radical (unpaired) electrons. The molecule has 32 heavy (non-hydrogen) atoms. The molecule has 0 spiro atoms. The van der Waals surface area contributed by atoms with Crippen molar-refractivity contribution in [2.45, 2.75) is 83.8 Å².